The van der Waals surface area contributed by atoms with Crippen molar-refractivity contribution in [2.75, 3.05) is 0 Å². The highest BCUT2D eigenvalue weighted by Crippen LogP contribution is 2.75. The summed E-state index contributed by atoms with van der Waals surface area (Å²) in [5.41, 5.74) is 7.66. The van der Waals surface area contributed by atoms with E-state index < -0.39 is 0 Å². The standard InChI is InChI=1S/C24H17ClN4O/c25-18-4-2-1-3-16(18)22-17-7-14(24-8-15(24)9-24)5-6-19(17)29-12-28-23(20(29)10-27-22)21-11-26-13-30-21/h1-7,11-13,15H,8-10H2/t15-,24+. The summed E-state index contributed by atoms with van der Waals surface area (Å²) in [6.07, 6.45) is 7.60. The number of aliphatic imine (C=N–C) groups is 1. The Kier molecular flexibility index (Phi) is 3.15. The highest BCUT2D eigenvalue weighted by Gasteiger charge is 2.70. The fourth-order valence-electron chi connectivity index (χ4n) is 4.81. The van der Waals surface area contributed by atoms with Crippen molar-refractivity contribution in [1.29, 1.82) is 0 Å². The van der Waals surface area contributed by atoms with Gasteiger partial charge in [-0.05, 0) is 47.9 Å². The van der Waals surface area contributed by atoms with Crippen LogP contribution in [0.1, 0.15) is 35.2 Å². The quantitative estimate of drug-likeness (QED) is 0.465. The smallest absolute Gasteiger partial charge is 0.181 e. The fraction of sp³-hybridized carbons (Fsp3) is 0.208. The SMILES string of the molecule is Clc1ccccc1C1=NCc2c(-c3cnco3)ncn2-c2ccc([C@]34C[C@H]3C4)cc21. The van der Waals surface area contributed by atoms with E-state index in [1.165, 1.54) is 24.8 Å². The van der Waals surface area contributed by atoms with Crippen LogP contribution in [-0.4, -0.2) is 20.2 Å². The van der Waals surface area contributed by atoms with E-state index in [0.29, 0.717) is 22.7 Å². The van der Waals surface area contributed by atoms with Crippen LogP contribution in [0, 0.1) is 5.92 Å². The van der Waals surface area contributed by atoms with Crippen LogP contribution in [0.4, 0.5) is 0 Å². The normalized spacial score (nSPS) is 23.1. The Morgan fingerprint density at radius 1 is 1.10 bits per heavy atom. The first-order valence-corrected chi connectivity index (χ1v) is 10.5. The Hall–Kier alpha value is -3.18. The van der Waals surface area contributed by atoms with E-state index in [4.69, 9.17) is 21.0 Å². The third-order valence-corrected chi connectivity index (χ3v) is 7.15. The molecule has 0 spiro atoms. The third-order valence-electron chi connectivity index (χ3n) is 6.82. The summed E-state index contributed by atoms with van der Waals surface area (Å²) in [6.45, 7) is 0.481. The largest absolute Gasteiger partial charge is 0.442 e. The van der Waals surface area contributed by atoms with Gasteiger partial charge in [-0.15, -0.1) is 0 Å². The summed E-state index contributed by atoms with van der Waals surface area (Å²) < 4.78 is 7.65. The molecule has 2 saturated carbocycles. The second kappa shape index (κ2) is 5.70. The van der Waals surface area contributed by atoms with Crippen molar-refractivity contribution in [3.05, 3.63) is 88.8 Å². The van der Waals surface area contributed by atoms with Gasteiger partial charge in [-0.25, -0.2) is 9.97 Å². The molecule has 5 nitrogen and oxygen atoms in total. The van der Waals surface area contributed by atoms with Crippen LogP contribution in [0.3, 0.4) is 0 Å². The first-order valence-electron chi connectivity index (χ1n) is 10.1. The Morgan fingerprint density at radius 3 is 2.73 bits per heavy atom. The zero-order chi connectivity index (χ0) is 19.9. The number of aromatic nitrogens is 3. The number of benzene rings is 2. The number of imidazole rings is 1. The molecule has 2 fully saturated rings. The summed E-state index contributed by atoms with van der Waals surface area (Å²) in [5, 5.41) is 0.710. The molecule has 0 amide bonds. The van der Waals surface area contributed by atoms with E-state index in [-0.39, 0.29) is 0 Å². The minimum atomic E-state index is 0.426. The van der Waals surface area contributed by atoms with E-state index in [1.807, 2.05) is 30.6 Å². The summed E-state index contributed by atoms with van der Waals surface area (Å²) in [6, 6.07) is 14.7. The summed E-state index contributed by atoms with van der Waals surface area (Å²) >= 11 is 6.60. The van der Waals surface area contributed by atoms with Gasteiger partial charge in [-0.2, -0.15) is 0 Å². The molecule has 0 N–H and O–H groups in total. The van der Waals surface area contributed by atoms with E-state index in [2.05, 4.69) is 32.7 Å². The van der Waals surface area contributed by atoms with Crippen molar-refractivity contribution in [1.82, 2.24) is 14.5 Å². The molecule has 2 aromatic heterocycles. The lowest BCUT2D eigenvalue weighted by Gasteiger charge is -2.15. The Balaban J connectivity index is 1.47. The number of hydrogen-bond donors (Lipinski definition) is 0. The lowest BCUT2D eigenvalue weighted by Crippen LogP contribution is -2.09. The number of fused-ring (bicyclic) bond motifs is 4. The predicted octanol–water partition coefficient (Wildman–Crippen LogP) is 5.19. The van der Waals surface area contributed by atoms with Gasteiger partial charge in [0.05, 0.1) is 29.8 Å². The number of nitrogens with zero attached hydrogens (tertiary/aromatic N) is 4. The predicted molar refractivity (Wildman–Crippen MR) is 114 cm³/mol. The van der Waals surface area contributed by atoms with E-state index in [0.717, 1.165) is 39.8 Å². The Bertz CT molecular complexity index is 1350. The Morgan fingerprint density at radius 2 is 1.97 bits per heavy atom. The van der Waals surface area contributed by atoms with Crippen molar-refractivity contribution >= 4 is 17.3 Å². The highest BCUT2D eigenvalue weighted by atomic mass is 35.5. The van der Waals surface area contributed by atoms with Gasteiger partial charge in [0.2, 0.25) is 0 Å². The maximum absolute atomic E-state index is 6.60. The molecule has 3 heterocycles. The zero-order valence-corrected chi connectivity index (χ0v) is 16.8. The first-order chi connectivity index (χ1) is 14.7. The van der Waals surface area contributed by atoms with Crippen molar-refractivity contribution in [3.63, 3.8) is 0 Å². The van der Waals surface area contributed by atoms with E-state index >= 15 is 0 Å². The van der Waals surface area contributed by atoms with Crippen molar-refractivity contribution in [2.24, 2.45) is 10.9 Å². The molecule has 4 aromatic rings. The highest BCUT2D eigenvalue weighted by molar-refractivity contribution is 6.35. The lowest BCUT2D eigenvalue weighted by atomic mass is 9.94. The fourth-order valence-corrected chi connectivity index (χ4v) is 5.04. The third kappa shape index (κ3) is 2.21. The van der Waals surface area contributed by atoms with Gasteiger partial charge in [-0.1, -0.05) is 35.9 Å². The summed E-state index contributed by atoms with van der Waals surface area (Å²) in [7, 11) is 0. The van der Waals surface area contributed by atoms with Gasteiger partial charge in [0, 0.05) is 16.1 Å². The lowest BCUT2D eigenvalue weighted by molar-refractivity contribution is 0.569. The van der Waals surface area contributed by atoms with Crippen molar-refractivity contribution < 1.29 is 4.42 Å². The molecular formula is C24H17ClN4O. The summed E-state index contributed by atoms with van der Waals surface area (Å²) in [4.78, 5) is 13.7. The van der Waals surface area contributed by atoms with Gasteiger partial charge in [0.25, 0.3) is 0 Å². The molecule has 0 radical (unpaired) electrons. The van der Waals surface area contributed by atoms with Crippen LogP contribution in [0.2, 0.25) is 5.02 Å². The molecule has 146 valence electrons. The number of hydrogen-bond acceptors (Lipinski definition) is 4. The van der Waals surface area contributed by atoms with Crippen LogP contribution in [0.5, 0.6) is 0 Å². The second-order valence-electron chi connectivity index (χ2n) is 8.41. The number of oxazole rings is 1. The molecule has 3 aliphatic rings. The van der Waals surface area contributed by atoms with Gasteiger partial charge in [0.1, 0.15) is 12.0 Å². The second-order valence-corrected chi connectivity index (χ2v) is 8.82. The Labute approximate surface area is 178 Å². The van der Waals surface area contributed by atoms with Gasteiger partial charge in [-0.3, -0.25) is 9.56 Å². The molecule has 6 heteroatoms. The zero-order valence-electron chi connectivity index (χ0n) is 16.0. The van der Waals surface area contributed by atoms with Crippen LogP contribution in [0.15, 0.2) is 70.8 Å². The molecule has 2 aromatic carbocycles. The van der Waals surface area contributed by atoms with E-state index in [9.17, 15) is 0 Å². The van der Waals surface area contributed by atoms with Crippen LogP contribution < -0.4 is 0 Å². The molecular weight excluding hydrogens is 396 g/mol. The van der Waals surface area contributed by atoms with Crippen LogP contribution >= 0.6 is 11.6 Å². The van der Waals surface area contributed by atoms with E-state index in [1.54, 1.807) is 6.20 Å². The topological polar surface area (TPSA) is 56.2 Å². The molecule has 2 aliphatic carbocycles. The van der Waals surface area contributed by atoms with Crippen LogP contribution in [-0.2, 0) is 12.0 Å². The molecule has 0 unspecified atom stereocenters. The molecule has 0 bridgehead atoms. The maximum Gasteiger partial charge on any atom is 0.181 e. The van der Waals surface area contributed by atoms with Gasteiger partial charge >= 0.3 is 0 Å². The molecule has 1 aliphatic heterocycles. The van der Waals surface area contributed by atoms with Crippen LogP contribution in [0.25, 0.3) is 17.1 Å². The molecule has 30 heavy (non-hydrogen) atoms. The molecule has 0 saturated heterocycles. The minimum absolute atomic E-state index is 0.426. The maximum atomic E-state index is 6.60. The minimum Gasteiger partial charge on any atom is -0.442 e. The van der Waals surface area contributed by atoms with Gasteiger partial charge < -0.3 is 4.42 Å². The average molecular weight is 413 g/mol. The monoisotopic (exact) mass is 412 g/mol. The number of rotatable bonds is 3. The molecule has 0 atom stereocenters. The average Bonchev–Trinajstić information content (AvgIpc) is 3.48. The first kappa shape index (κ1) is 16.6. The van der Waals surface area contributed by atoms with Gasteiger partial charge in [0.15, 0.2) is 12.2 Å². The van der Waals surface area contributed by atoms with Crippen molar-refractivity contribution in [3.8, 4) is 17.1 Å². The summed E-state index contributed by atoms with van der Waals surface area (Å²) in [5.74, 6) is 1.53. The molecule has 7 rings (SSSR count). The number of halogens is 1. The van der Waals surface area contributed by atoms with Crippen molar-refractivity contribution in [2.45, 2.75) is 24.8 Å².